The van der Waals surface area contributed by atoms with Gasteiger partial charge in [-0.25, -0.2) is 0 Å². The number of hydrogen-bond donors (Lipinski definition) is 1. The van der Waals surface area contributed by atoms with Crippen molar-refractivity contribution in [3.8, 4) is 0 Å². The van der Waals surface area contributed by atoms with Gasteiger partial charge in [0.05, 0.1) is 6.10 Å². The molecule has 0 heterocycles. The Morgan fingerprint density at radius 2 is 1.62 bits per heavy atom. The molecule has 2 saturated carbocycles. The Labute approximate surface area is 100 Å². The van der Waals surface area contributed by atoms with Gasteiger partial charge < -0.3 is 10.0 Å². The highest BCUT2D eigenvalue weighted by molar-refractivity contribution is 4.88. The second-order valence-electron chi connectivity index (χ2n) is 6.68. The standard InChI is InChI=1S/C14H27NO/c1-14(2)8-6-11(7-9-14)15(3)12-4-5-13(16)10-12/h11-13,16H,4-10H2,1-3H3. The van der Waals surface area contributed by atoms with E-state index in [9.17, 15) is 5.11 Å². The Morgan fingerprint density at radius 3 is 2.12 bits per heavy atom. The Bertz CT molecular complexity index is 229. The molecular formula is C14H27NO. The van der Waals surface area contributed by atoms with Crippen LogP contribution in [0, 0.1) is 5.41 Å². The van der Waals surface area contributed by atoms with Gasteiger partial charge in [0.1, 0.15) is 0 Å². The molecule has 16 heavy (non-hydrogen) atoms. The zero-order valence-corrected chi connectivity index (χ0v) is 11.1. The van der Waals surface area contributed by atoms with E-state index < -0.39 is 0 Å². The second-order valence-corrected chi connectivity index (χ2v) is 6.68. The lowest BCUT2D eigenvalue weighted by atomic mass is 9.75. The third-order valence-corrected chi connectivity index (χ3v) is 4.84. The third kappa shape index (κ3) is 2.78. The van der Waals surface area contributed by atoms with Crippen molar-refractivity contribution in [1.82, 2.24) is 4.90 Å². The van der Waals surface area contributed by atoms with Gasteiger partial charge in [-0.3, -0.25) is 0 Å². The van der Waals surface area contributed by atoms with Gasteiger partial charge in [-0.15, -0.1) is 0 Å². The number of rotatable bonds is 2. The van der Waals surface area contributed by atoms with Crippen molar-refractivity contribution in [2.24, 2.45) is 5.41 Å². The lowest BCUT2D eigenvalue weighted by molar-refractivity contribution is 0.0877. The SMILES string of the molecule is CN(C1CCC(C)(C)CC1)C1CCC(O)C1. The molecule has 2 nitrogen and oxygen atoms in total. The first-order valence-electron chi connectivity index (χ1n) is 6.88. The molecule has 0 radical (unpaired) electrons. The molecule has 1 N–H and O–H groups in total. The van der Waals surface area contributed by atoms with E-state index >= 15 is 0 Å². The molecule has 2 aliphatic rings. The molecular weight excluding hydrogens is 198 g/mol. The van der Waals surface area contributed by atoms with Crippen molar-refractivity contribution < 1.29 is 5.11 Å². The van der Waals surface area contributed by atoms with E-state index in [0.717, 1.165) is 18.9 Å². The fourth-order valence-electron chi connectivity index (χ4n) is 3.39. The topological polar surface area (TPSA) is 23.5 Å². The van der Waals surface area contributed by atoms with Crippen LogP contribution in [0.5, 0.6) is 0 Å². The van der Waals surface area contributed by atoms with Crippen LogP contribution in [-0.4, -0.2) is 35.2 Å². The maximum Gasteiger partial charge on any atom is 0.0555 e. The fraction of sp³-hybridized carbons (Fsp3) is 1.00. The van der Waals surface area contributed by atoms with Gasteiger partial charge in [-0.2, -0.15) is 0 Å². The maximum absolute atomic E-state index is 9.60. The van der Waals surface area contributed by atoms with Crippen LogP contribution >= 0.6 is 0 Å². The summed E-state index contributed by atoms with van der Waals surface area (Å²) in [5.74, 6) is 0. The van der Waals surface area contributed by atoms with E-state index in [1.807, 2.05) is 0 Å². The Balaban J connectivity index is 1.84. The van der Waals surface area contributed by atoms with Crippen molar-refractivity contribution in [2.75, 3.05) is 7.05 Å². The summed E-state index contributed by atoms with van der Waals surface area (Å²) < 4.78 is 0. The van der Waals surface area contributed by atoms with E-state index in [1.54, 1.807) is 0 Å². The Kier molecular flexibility index (Phi) is 3.60. The maximum atomic E-state index is 9.60. The summed E-state index contributed by atoms with van der Waals surface area (Å²) in [4.78, 5) is 2.56. The average Bonchev–Trinajstić information content (AvgIpc) is 2.64. The van der Waals surface area contributed by atoms with Crippen molar-refractivity contribution in [2.45, 2.75) is 77.0 Å². The molecule has 0 aromatic carbocycles. The van der Waals surface area contributed by atoms with Crippen LogP contribution in [-0.2, 0) is 0 Å². The van der Waals surface area contributed by atoms with Crippen LogP contribution in [0.15, 0.2) is 0 Å². The summed E-state index contributed by atoms with van der Waals surface area (Å²) in [6, 6.07) is 1.41. The Morgan fingerprint density at radius 1 is 1.00 bits per heavy atom. The summed E-state index contributed by atoms with van der Waals surface area (Å²) in [5.41, 5.74) is 0.562. The monoisotopic (exact) mass is 225 g/mol. The molecule has 0 aromatic heterocycles. The molecule has 0 spiro atoms. The van der Waals surface area contributed by atoms with Gasteiger partial charge >= 0.3 is 0 Å². The molecule has 0 aromatic rings. The van der Waals surface area contributed by atoms with E-state index in [0.29, 0.717) is 11.5 Å². The molecule has 2 unspecified atom stereocenters. The lowest BCUT2D eigenvalue weighted by Crippen LogP contribution is -2.42. The largest absolute Gasteiger partial charge is 0.393 e. The van der Waals surface area contributed by atoms with Crippen LogP contribution < -0.4 is 0 Å². The van der Waals surface area contributed by atoms with Crippen molar-refractivity contribution in [1.29, 1.82) is 0 Å². The minimum atomic E-state index is -0.0347. The summed E-state index contributed by atoms with van der Waals surface area (Å²) in [7, 11) is 2.27. The molecule has 2 heteroatoms. The highest BCUT2D eigenvalue weighted by Gasteiger charge is 2.33. The summed E-state index contributed by atoms with van der Waals surface area (Å²) in [6.45, 7) is 4.78. The smallest absolute Gasteiger partial charge is 0.0555 e. The number of nitrogens with zero attached hydrogens (tertiary/aromatic N) is 1. The Hall–Kier alpha value is -0.0800. The molecule has 0 bridgehead atoms. The number of aliphatic hydroxyl groups is 1. The molecule has 94 valence electrons. The zero-order valence-electron chi connectivity index (χ0n) is 11.1. The highest BCUT2D eigenvalue weighted by atomic mass is 16.3. The summed E-state index contributed by atoms with van der Waals surface area (Å²) in [5, 5.41) is 9.60. The van der Waals surface area contributed by atoms with Crippen LogP contribution in [0.3, 0.4) is 0 Å². The average molecular weight is 225 g/mol. The van der Waals surface area contributed by atoms with Gasteiger partial charge in [0.2, 0.25) is 0 Å². The van der Waals surface area contributed by atoms with Gasteiger partial charge in [0.25, 0.3) is 0 Å². The van der Waals surface area contributed by atoms with Crippen molar-refractivity contribution >= 4 is 0 Å². The van der Waals surface area contributed by atoms with E-state index in [2.05, 4.69) is 25.8 Å². The first kappa shape index (κ1) is 12.4. The van der Waals surface area contributed by atoms with E-state index in [4.69, 9.17) is 0 Å². The number of aliphatic hydroxyl groups excluding tert-OH is 1. The van der Waals surface area contributed by atoms with Gasteiger partial charge in [-0.05, 0) is 57.4 Å². The predicted octanol–water partition coefficient (Wildman–Crippen LogP) is 2.80. The zero-order chi connectivity index (χ0) is 11.8. The number of hydrogen-bond acceptors (Lipinski definition) is 2. The summed E-state index contributed by atoms with van der Waals surface area (Å²) >= 11 is 0. The minimum absolute atomic E-state index is 0.0347. The first-order chi connectivity index (χ1) is 7.48. The highest BCUT2D eigenvalue weighted by Crippen LogP contribution is 2.38. The third-order valence-electron chi connectivity index (χ3n) is 4.84. The van der Waals surface area contributed by atoms with Gasteiger partial charge in [-0.1, -0.05) is 13.8 Å². The molecule has 2 aliphatic carbocycles. The van der Waals surface area contributed by atoms with E-state index in [-0.39, 0.29) is 6.10 Å². The molecule has 0 saturated heterocycles. The molecule has 2 rings (SSSR count). The van der Waals surface area contributed by atoms with Crippen molar-refractivity contribution in [3.63, 3.8) is 0 Å². The van der Waals surface area contributed by atoms with Gasteiger partial charge in [0, 0.05) is 12.1 Å². The van der Waals surface area contributed by atoms with Crippen LogP contribution in [0.25, 0.3) is 0 Å². The molecule has 0 aliphatic heterocycles. The van der Waals surface area contributed by atoms with E-state index in [1.165, 1.54) is 32.1 Å². The van der Waals surface area contributed by atoms with Crippen molar-refractivity contribution in [3.05, 3.63) is 0 Å². The summed E-state index contributed by atoms with van der Waals surface area (Å²) in [6.07, 6.45) is 8.56. The normalized spacial score (nSPS) is 35.8. The minimum Gasteiger partial charge on any atom is -0.393 e. The fourth-order valence-corrected chi connectivity index (χ4v) is 3.39. The quantitative estimate of drug-likeness (QED) is 0.781. The lowest BCUT2D eigenvalue weighted by Gasteiger charge is -2.41. The molecule has 2 atom stereocenters. The van der Waals surface area contributed by atoms with Crippen LogP contribution in [0.1, 0.15) is 58.8 Å². The first-order valence-corrected chi connectivity index (χ1v) is 6.88. The molecule has 2 fully saturated rings. The van der Waals surface area contributed by atoms with Crippen LogP contribution in [0.4, 0.5) is 0 Å². The van der Waals surface area contributed by atoms with Crippen LogP contribution in [0.2, 0.25) is 0 Å². The predicted molar refractivity (Wildman–Crippen MR) is 67.4 cm³/mol. The molecule has 0 amide bonds. The second kappa shape index (κ2) is 4.66. The van der Waals surface area contributed by atoms with Gasteiger partial charge in [0.15, 0.2) is 0 Å².